The Labute approximate surface area is 151 Å². The first kappa shape index (κ1) is 19.2. The summed E-state index contributed by atoms with van der Waals surface area (Å²) in [5, 5.41) is 4.17. The van der Waals surface area contributed by atoms with Crippen molar-refractivity contribution in [1.82, 2.24) is 0 Å². The van der Waals surface area contributed by atoms with Crippen LogP contribution in [0.4, 0.5) is 0 Å². The number of oxime groups is 1. The lowest BCUT2D eigenvalue weighted by Gasteiger charge is -2.14. The average Bonchev–Trinajstić information content (AvgIpc) is 2.67. The molecular formula is C22H29NO2. The molecule has 2 aromatic rings. The van der Waals surface area contributed by atoms with Crippen molar-refractivity contribution in [2.75, 3.05) is 6.61 Å². The molecule has 2 aromatic carbocycles. The third-order valence-electron chi connectivity index (χ3n) is 3.97. The van der Waals surface area contributed by atoms with Crippen molar-refractivity contribution in [3.8, 4) is 0 Å². The molecule has 3 heteroatoms. The molecule has 0 spiro atoms. The molecule has 0 aliphatic carbocycles. The molecule has 0 heterocycles. The second-order valence-corrected chi connectivity index (χ2v) is 6.12. The Balaban J connectivity index is 1.56. The summed E-state index contributed by atoms with van der Waals surface area (Å²) in [5.74, 6) is 0. The van der Waals surface area contributed by atoms with Gasteiger partial charge in [-0.2, -0.15) is 0 Å². The number of benzene rings is 2. The molecule has 3 nitrogen and oxygen atoms in total. The van der Waals surface area contributed by atoms with Crippen molar-refractivity contribution in [1.29, 1.82) is 0 Å². The van der Waals surface area contributed by atoms with E-state index in [2.05, 4.69) is 36.3 Å². The summed E-state index contributed by atoms with van der Waals surface area (Å²) >= 11 is 0. The standard InChI is InChI=1S/C22H29NO2/c1-2-12-22(21-15-8-4-9-16-21)25-23-17-10-5-11-18-24-19-20-13-6-3-7-14-20/h3-4,6-9,13-17,22H,2,5,10-12,18-19H2,1H3/b23-17+/t22-/m1/s1. The van der Waals surface area contributed by atoms with Crippen LogP contribution in [0.2, 0.25) is 0 Å². The summed E-state index contributed by atoms with van der Waals surface area (Å²) in [5.41, 5.74) is 2.41. The van der Waals surface area contributed by atoms with Gasteiger partial charge in [-0.15, -0.1) is 0 Å². The first-order chi connectivity index (χ1) is 12.4. The van der Waals surface area contributed by atoms with Crippen LogP contribution in [-0.2, 0) is 16.2 Å². The summed E-state index contributed by atoms with van der Waals surface area (Å²) in [4.78, 5) is 5.69. The lowest BCUT2D eigenvalue weighted by atomic mass is 10.1. The van der Waals surface area contributed by atoms with Crippen molar-refractivity contribution in [2.24, 2.45) is 5.16 Å². The fourth-order valence-electron chi connectivity index (χ4n) is 2.58. The van der Waals surface area contributed by atoms with E-state index < -0.39 is 0 Å². The van der Waals surface area contributed by atoms with Gasteiger partial charge < -0.3 is 9.57 Å². The lowest BCUT2D eigenvalue weighted by molar-refractivity contribution is 0.0522. The molecule has 0 bridgehead atoms. The van der Waals surface area contributed by atoms with Gasteiger partial charge in [0.1, 0.15) is 0 Å². The van der Waals surface area contributed by atoms with E-state index in [0.717, 1.165) is 38.7 Å². The molecule has 0 saturated heterocycles. The number of rotatable bonds is 12. The average molecular weight is 339 g/mol. The maximum Gasteiger partial charge on any atom is 0.152 e. The van der Waals surface area contributed by atoms with Crippen LogP contribution in [0.15, 0.2) is 65.8 Å². The summed E-state index contributed by atoms with van der Waals surface area (Å²) < 4.78 is 5.68. The fraction of sp³-hybridized carbons (Fsp3) is 0.409. The minimum Gasteiger partial charge on any atom is -0.388 e. The van der Waals surface area contributed by atoms with Crippen molar-refractivity contribution in [2.45, 2.75) is 51.7 Å². The van der Waals surface area contributed by atoms with E-state index in [1.165, 1.54) is 11.1 Å². The predicted octanol–water partition coefficient (Wildman–Crippen LogP) is 5.92. The summed E-state index contributed by atoms with van der Waals surface area (Å²) in [6.07, 6.45) is 7.01. The third-order valence-corrected chi connectivity index (χ3v) is 3.97. The molecule has 0 unspecified atom stereocenters. The molecule has 0 aliphatic rings. The number of hydrogen-bond acceptors (Lipinski definition) is 3. The molecule has 0 aliphatic heterocycles. The van der Waals surface area contributed by atoms with Gasteiger partial charge in [0.25, 0.3) is 0 Å². The van der Waals surface area contributed by atoms with Crippen LogP contribution in [0.5, 0.6) is 0 Å². The maximum atomic E-state index is 5.69. The quantitative estimate of drug-likeness (QED) is 0.273. The molecule has 0 fully saturated rings. The van der Waals surface area contributed by atoms with Gasteiger partial charge in [0.15, 0.2) is 6.10 Å². The molecule has 0 aromatic heterocycles. The monoisotopic (exact) mass is 339 g/mol. The Bertz CT molecular complexity index is 583. The van der Waals surface area contributed by atoms with Gasteiger partial charge in [0.05, 0.1) is 6.61 Å². The van der Waals surface area contributed by atoms with Crippen molar-refractivity contribution >= 4 is 6.21 Å². The van der Waals surface area contributed by atoms with Gasteiger partial charge in [-0.3, -0.25) is 0 Å². The summed E-state index contributed by atoms with van der Waals surface area (Å²) in [7, 11) is 0. The Morgan fingerprint density at radius 1 is 0.960 bits per heavy atom. The number of ether oxygens (including phenoxy) is 1. The van der Waals surface area contributed by atoms with Crippen LogP contribution < -0.4 is 0 Å². The van der Waals surface area contributed by atoms with Crippen LogP contribution in [0, 0.1) is 0 Å². The highest BCUT2D eigenvalue weighted by Crippen LogP contribution is 2.22. The van der Waals surface area contributed by atoms with Crippen molar-refractivity contribution in [3.05, 3.63) is 71.8 Å². The largest absolute Gasteiger partial charge is 0.388 e. The molecule has 25 heavy (non-hydrogen) atoms. The van der Waals surface area contributed by atoms with E-state index in [0.29, 0.717) is 6.61 Å². The third kappa shape index (κ3) is 7.99. The number of unbranched alkanes of at least 4 members (excludes halogenated alkanes) is 2. The van der Waals surface area contributed by atoms with Gasteiger partial charge in [0, 0.05) is 12.8 Å². The lowest BCUT2D eigenvalue weighted by Crippen LogP contribution is -2.00. The molecular weight excluding hydrogens is 310 g/mol. The summed E-state index contributed by atoms with van der Waals surface area (Å²) in [6.45, 7) is 3.64. The first-order valence-electron chi connectivity index (χ1n) is 9.24. The Morgan fingerprint density at radius 2 is 1.68 bits per heavy atom. The molecule has 134 valence electrons. The highest BCUT2D eigenvalue weighted by Gasteiger charge is 2.10. The summed E-state index contributed by atoms with van der Waals surface area (Å²) in [6, 6.07) is 20.6. The van der Waals surface area contributed by atoms with Gasteiger partial charge in [-0.25, -0.2) is 0 Å². The van der Waals surface area contributed by atoms with Gasteiger partial charge >= 0.3 is 0 Å². The first-order valence-corrected chi connectivity index (χ1v) is 9.24. The minimum atomic E-state index is 0.0525. The van der Waals surface area contributed by atoms with E-state index in [9.17, 15) is 0 Å². The number of hydrogen-bond donors (Lipinski definition) is 0. The van der Waals surface area contributed by atoms with Crippen LogP contribution in [0.1, 0.15) is 56.3 Å². The highest BCUT2D eigenvalue weighted by atomic mass is 16.6. The van der Waals surface area contributed by atoms with Crippen LogP contribution in [0.25, 0.3) is 0 Å². The predicted molar refractivity (Wildman–Crippen MR) is 104 cm³/mol. The highest BCUT2D eigenvalue weighted by molar-refractivity contribution is 5.56. The zero-order valence-corrected chi connectivity index (χ0v) is 15.1. The number of nitrogens with zero attached hydrogens (tertiary/aromatic N) is 1. The molecule has 2 rings (SSSR count). The van der Waals surface area contributed by atoms with E-state index in [1.807, 2.05) is 42.6 Å². The zero-order chi connectivity index (χ0) is 17.6. The molecule has 0 N–H and O–H groups in total. The molecule has 0 saturated carbocycles. The van der Waals surface area contributed by atoms with Crippen LogP contribution in [0.3, 0.4) is 0 Å². The second kappa shape index (κ2) is 12.3. The smallest absolute Gasteiger partial charge is 0.152 e. The van der Waals surface area contributed by atoms with E-state index in [1.54, 1.807) is 0 Å². The van der Waals surface area contributed by atoms with E-state index in [-0.39, 0.29) is 6.10 Å². The fourth-order valence-corrected chi connectivity index (χ4v) is 2.58. The minimum absolute atomic E-state index is 0.0525. The van der Waals surface area contributed by atoms with E-state index in [4.69, 9.17) is 9.57 Å². The van der Waals surface area contributed by atoms with Crippen molar-refractivity contribution < 1.29 is 9.57 Å². The molecule has 0 amide bonds. The second-order valence-electron chi connectivity index (χ2n) is 6.12. The topological polar surface area (TPSA) is 30.8 Å². The van der Waals surface area contributed by atoms with Crippen LogP contribution in [-0.4, -0.2) is 12.8 Å². The molecule has 0 radical (unpaired) electrons. The Morgan fingerprint density at radius 3 is 2.40 bits per heavy atom. The normalized spacial score (nSPS) is 12.4. The van der Waals surface area contributed by atoms with E-state index >= 15 is 0 Å². The Kier molecular flexibility index (Phi) is 9.42. The molecule has 1 atom stereocenters. The van der Waals surface area contributed by atoms with Gasteiger partial charge in [-0.1, -0.05) is 79.2 Å². The Hall–Kier alpha value is -2.13. The zero-order valence-electron chi connectivity index (χ0n) is 15.1. The SMILES string of the molecule is CCC[C@@H](O/N=C/CCCCOCc1ccccc1)c1ccccc1. The van der Waals surface area contributed by atoms with Gasteiger partial charge in [0.2, 0.25) is 0 Å². The van der Waals surface area contributed by atoms with Crippen LogP contribution >= 0.6 is 0 Å². The maximum absolute atomic E-state index is 5.69. The van der Waals surface area contributed by atoms with Gasteiger partial charge in [-0.05, 0) is 36.8 Å². The van der Waals surface area contributed by atoms with Crippen molar-refractivity contribution in [3.63, 3.8) is 0 Å².